The highest BCUT2D eigenvalue weighted by molar-refractivity contribution is 7.89. The van der Waals surface area contributed by atoms with Crippen LogP contribution in [0.4, 0.5) is 0 Å². The Morgan fingerprint density at radius 2 is 2.05 bits per heavy atom. The van der Waals surface area contributed by atoms with Crippen molar-refractivity contribution >= 4 is 33.2 Å². The molecule has 6 nitrogen and oxygen atoms in total. The largest absolute Gasteiger partial charge is 0.468 e. The van der Waals surface area contributed by atoms with Gasteiger partial charge in [-0.25, -0.2) is 8.42 Å². The first kappa shape index (κ1) is 16.5. The van der Waals surface area contributed by atoms with E-state index in [-0.39, 0.29) is 9.88 Å². The van der Waals surface area contributed by atoms with E-state index in [4.69, 9.17) is 18.0 Å². The van der Waals surface area contributed by atoms with Crippen molar-refractivity contribution in [2.45, 2.75) is 24.8 Å². The Hall–Kier alpha value is -1.51. The second-order valence-electron chi connectivity index (χ2n) is 4.21. The van der Waals surface area contributed by atoms with E-state index in [9.17, 15) is 13.2 Å². The molecule has 1 unspecified atom stereocenters. The van der Waals surface area contributed by atoms with Gasteiger partial charge in [-0.1, -0.05) is 24.4 Å². The standard InChI is InChI=1S/C12H16N2O4S2/c1-7-4-5-9(11(13)19)6-10(7)20(16,17)14-8(2)12(15)18-3/h4-6,8,14H,1-3H3,(H2,13,19). The lowest BCUT2D eigenvalue weighted by atomic mass is 10.1. The SMILES string of the molecule is COC(=O)C(C)NS(=O)(=O)c1cc(C(N)=S)ccc1C. The first-order chi connectivity index (χ1) is 9.19. The number of methoxy groups -OCH3 is 1. The summed E-state index contributed by atoms with van der Waals surface area (Å²) in [4.78, 5) is 11.4. The molecule has 0 bridgehead atoms. The number of aryl methyl sites for hydroxylation is 1. The summed E-state index contributed by atoms with van der Waals surface area (Å²) in [7, 11) is -2.68. The van der Waals surface area contributed by atoms with E-state index in [1.807, 2.05) is 0 Å². The Labute approximate surface area is 123 Å². The van der Waals surface area contributed by atoms with Crippen molar-refractivity contribution in [2.24, 2.45) is 5.73 Å². The Balaban J connectivity index is 3.18. The summed E-state index contributed by atoms with van der Waals surface area (Å²) in [5.74, 6) is -0.670. The van der Waals surface area contributed by atoms with Crippen molar-refractivity contribution in [3.63, 3.8) is 0 Å². The summed E-state index contributed by atoms with van der Waals surface area (Å²) >= 11 is 4.82. The van der Waals surface area contributed by atoms with Crippen LogP contribution in [0.5, 0.6) is 0 Å². The molecule has 3 N–H and O–H groups in total. The monoisotopic (exact) mass is 316 g/mol. The summed E-state index contributed by atoms with van der Waals surface area (Å²) in [6, 6.07) is 3.63. The van der Waals surface area contributed by atoms with Crippen LogP contribution in [-0.4, -0.2) is 32.5 Å². The van der Waals surface area contributed by atoms with Gasteiger partial charge < -0.3 is 10.5 Å². The molecule has 0 heterocycles. The van der Waals surface area contributed by atoms with Crippen LogP contribution in [0.1, 0.15) is 18.1 Å². The third kappa shape index (κ3) is 3.75. The molecule has 0 aliphatic heterocycles. The van der Waals surface area contributed by atoms with Crippen LogP contribution in [0.3, 0.4) is 0 Å². The van der Waals surface area contributed by atoms with Crippen molar-refractivity contribution in [1.29, 1.82) is 0 Å². The number of nitrogens with two attached hydrogens (primary N) is 1. The van der Waals surface area contributed by atoms with Crippen molar-refractivity contribution in [3.8, 4) is 0 Å². The molecule has 0 aromatic heterocycles. The molecule has 0 aliphatic rings. The predicted octanol–water partition coefficient (Wildman–Crippen LogP) is 0.469. The highest BCUT2D eigenvalue weighted by Gasteiger charge is 2.24. The summed E-state index contributed by atoms with van der Waals surface area (Å²) in [6.07, 6.45) is 0. The quantitative estimate of drug-likeness (QED) is 0.605. The van der Waals surface area contributed by atoms with Gasteiger partial charge in [-0.15, -0.1) is 0 Å². The lowest BCUT2D eigenvalue weighted by Gasteiger charge is -2.14. The second-order valence-corrected chi connectivity index (χ2v) is 6.33. The number of nitrogens with one attached hydrogen (secondary N) is 1. The normalized spacial score (nSPS) is 12.8. The zero-order chi connectivity index (χ0) is 15.5. The predicted molar refractivity (Wildman–Crippen MR) is 78.9 cm³/mol. The third-order valence-corrected chi connectivity index (χ3v) is 4.57. The van der Waals surface area contributed by atoms with Gasteiger partial charge in [0.2, 0.25) is 10.0 Å². The number of rotatable bonds is 5. The van der Waals surface area contributed by atoms with Crippen molar-refractivity contribution in [3.05, 3.63) is 29.3 Å². The number of benzene rings is 1. The molecule has 0 spiro atoms. The minimum Gasteiger partial charge on any atom is -0.468 e. The summed E-state index contributed by atoms with van der Waals surface area (Å²) in [5.41, 5.74) is 6.45. The fourth-order valence-electron chi connectivity index (χ4n) is 1.56. The fraction of sp³-hybridized carbons (Fsp3) is 0.333. The molecule has 1 atom stereocenters. The third-order valence-electron chi connectivity index (χ3n) is 2.65. The number of hydrogen-bond acceptors (Lipinski definition) is 5. The van der Waals surface area contributed by atoms with Crippen LogP contribution in [0.2, 0.25) is 0 Å². The van der Waals surface area contributed by atoms with Gasteiger partial charge in [0.1, 0.15) is 11.0 Å². The molecular formula is C12H16N2O4S2. The minimum atomic E-state index is -3.87. The van der Waals surface area contributed by atoms with Gasteiger partial charge in [0.05, 0.1) is 12.0 Å². The zero-order valence-electron chi connectivity index (χ0n) is 11.3. The molecule has 0 fully saturated rings. The number of thiocarbonyl (C=S) groups is 1. The van der Waals surface area contributed by atoms with Crippen LogP contribution in [0.25, 0.3) is 0 Å². The topological polar surface area (TPSA) is 98.5 Å². The first-order valence-corrected chi connectivity index (χ1v) is 7.59. The maximum atomic E-state index is 12.3. The number of esters is 1. The lowest BCUT2D eigenvalue weighted by Crippen LogP contribution is -2.39. The Morgan fingerprint density at radius 1 is 1.45 bits per heavy atom. The van der Waals surface area contributed by atoms with Gasteiger partial charge in [0.25, 0.3) is 0 Å². The smallest absolute Gasteiger partial charge is 0.323 e. The molecular weight excluding hydrogens is 300 g/mol. The molecule has 8 heteroatoms. The Kier molecular flexibility index (Phi) is 5.21. The molecule has 0 saturated heterocycles. The molecule has 0 amide bonds. The molecule has 20 heavy (non-hydrogen) atoms. The van der Waals surface area contributed by atoms with E-state index in [1.165, 1.54) is 20.1 Å². The number of ether oxygens (including phenoxy) is 1. The van der Waals surface area contributed by atoms with Gasteiger partial charge in [-0.05, 0) is 25.5 Å². The van der Waals surface area contributed by atoms with Crippen LogP contribution in [-0.2, 0) is 19.6 Å². The van der Waals surface area contributed by atoms with E-state index < -0.39 is 22.0 Å². The number of carbonyl (C=O) groups excluding carboxylic acids is 1. The van der Waals surface area contributed by atoms with E-state index in [1.54, 1.807) is 19.1 Å². The maximum absolute atomic E-state index is 12.3. The highest BCUT2D eigenvalue weighted by Crippen LogP contribution is 2.17. The number of sulfonamides is 1. The van der Waals surface area contributed by atoms with Gasteiger partial charge >= 0.3 is 5.97 Å². The molecule has 1 aromatic carbocycles. The molecule has 110 valence electrons. The van der Waals surface area contributed by atoms with Crippen LogP contribution < -0.4 is 10.5 Å². The van der Waals surface area contributed by atoms with Crippen LogP contribution in [0, 0.1) is 6.92 Å². The van der Waals surface area contributed by atoms with Gasteiger partial charge in [-0.2, -0.15) is 4.72 Å². The number of hydrogen-bond donors (Lipinski definition) is 2. The zero-order valence-corrected chi connectivity index (χ0v) is 13.0. The Bertz CT molecular complexity index is 641. The Morgan fingerprint density at radius 3 is 2.55 bits per heavy atom. The van der Waals surface area contributed by atoms with Crippen LogP contribution >= 0.6 is 12.2 Å². The number of carbonyl (C=O) groups is 1. The average Bonchev–Trinajstić information content (AvgIpc) is 2.37. The second kappa shape index (κ2) is 6.29. The van der Waals surface area contributed by atoms with Gasteiger partial charge in [-0.3, -0.25) is 4.79 Å². The molecule has 0 saturated carbocycles. The highest BCUT2D eigenvalue weighted by atomic mass is 32.2. The van der Waals surface area contributed by atoms with E-state index >= 15 is 0 Å². The van der Waals surface area contributed by atoms with Gasteiger partial charge in [0.15, 0.2) is 0 Å². The summed E-state index contributed by atoms with van der Waals surface area (Å²) < 4.78 is 31.2. The van der Waals surface area contributed by atoms with Gasteiger partial charge in [0, 0.05) is 5.56 Å². The van der Waals surface area contributed by atoms with Crippen LogP contribution in [0.15, 0.2) is 23.1 Å². The van der Waals surface area contributed by atoms with Crippen molar-refractivity contribution in [2.75, 3.05) is 7.11 Å². The van der Waals surface area contributed by atoms with Crippen molar-refractivity contribution < 1.29 is 17.9 Å². The summed E-state index contributed by atoms with van der Waals surface area (Å²) in [6.45, 7) is 3.04. The van der Waals surface area contributed by atoms with E-state index in [2.05, 4.69) is 9.46 Å². The van der Waals surface area contributed by atoms with E-state index in [0.29, 0.717) is 11.1 Å². The van der Waals surface area contributed by atoms with E-state index in [0.717, 1.165) is 0 Å². The molecule has 1 aromatic rings. The molecule has 0 aliphatic carbocycles. The summed E-state index contributed by atoms with van der Waals surface area (Å²) in [5, 5.41) is 0. The molecule has 1 rings (SSSR count). The lowest BCUT2D eigenvalue weighted by molar-refractivity contribution is -0.142. The average molecular weight is 316 g/mol. The maximum Gasteiger partial charge on any atom is 0.323 e. The molecule has 0 radical (unpaired) electrons. The first-order valence-electron chi connectivity index (χ1n) is 5.69. The minimum absolute atomic E-state index is 0.0264. The fourth-order valence-corrected chi connectivity index (χ4v) is 3.15. The van der Waals surface area contributed by atoms with Crippen molar-refractivity contribution in [1.82, 2.24) is 4.72 Å².